The Balaban J connectivity index is 1.91. The number of H-pyrrole nitrogens is 1. The summed E-state index contributed by atoms with van der Waals surface area (Å²) in [6, 6.07) is 1.88. The largest absolute Gasteiger partial charge is 0.337 e. The highest BCUT2D eigenvalue weighted by Gasteiger charge is 2.17. The SMILES string of the molecule is Cc1c(CN(CCCN)c2nc3nnccc3[nH]2)sc(Br)c1Br. The summed E-state index contributed by atoms with van der Waals surface area (Å²) < 4.78 is 2.23. The Bertz CT molecular complexity index is 782. The van der Waals surface area contributed by atoms with Gasteiger partial charge in [-0.15, -0.1) is 16.4 Å². The highest BCUT2D eigenvalue weighted by atomic mass is 79.9. The van der Waals surface area contributed by atoms with Gasteiger partial charge in [0.15, 0.2) is 0 Å². The van der Waals surface area contributed by atoms with Gasteiger partial charge in [-0.1, -0.05) is 0 Å². The molecular formula is C14H16Br2N6S. The number of aromatic amines is 1. The summed E-state index contributed by atoms with van der Waals surface area (Å²) in [6.45, 7) is 4.36. The quantitative estimate of drug-likeness (QED) is 0.588. The zero-order valence-corrected chi connectivity index (χ0v) is 16.5. The molecular weight excluding hydrogens is 444 g/mol. The van der Waals surface area contributed by atoms with Crippen molar-refractivity contribution < 1.29 is 0 Å². The standard InChI is InChI=1S/C14H16Br2N6S/c1-8-10(23-12(16)11(8)15)7-22(6-2-4-17)14-19-9-3-5-18-21-13(9)20-14/h3,5H,2,4,6-7,17H2,1H3,(H,19,20,21). The van der Waals surface area contributed by atoms with Crippen molar-refractivity contribution in [1.29, 1.82) is 0 Å². The van der Waals surface area contributed by atoms with E-state index in [0.29, 0.717) is 12.2 Å². The number of nitrogens with two attached hydrogens (primary N) is 1. The second-order valence-corrected chi connectivity index (χ2v) is 8.35. The lowest BCUT2D eigenvalue weighted by atomic mass is 10.2. The number of imidazole rings is 1. The van der Waals surface area contributed by atoms with Crippen LogP contribution in [0.25, 0.3) is 11.2 Å². The fourth-order valence-electron chi connectivity index (χ4n) is 2.27. The Morgan fingerprint density at radius 2 is 2.22 bits per heavy atom. The van der Waals surface area contributed by atoms with E-state index in [1.807, 2.05) is 6.07 Å². The predicted molar refractivity (Wildman–Crippen MR) is 101 cm³/mol. The molecule has 0 amide bonds. The number of halogens is 2. The van der Waals surface area contributed by atoms with Gasteiger partial charge < -0.3 is 15.6 Å². The lowest BCUT2D eigenvalue weighted by Crippen LogP contribution is -2.26. The van der Waals surface area contributed by atoms with Gasteiger partial charge in [0.1, 0.15) is 0 Å². The zero-order chi connectivity index (χ0) is 16.4. The minimum absolute atomic E-state index is 0.630. The van der Waals surface area contributed by atoms with Gasteiger partial charge in [-0.25, -0.2) is 0 Å². The molecule has 3 heterocycles. The molecule has 122 valence electrons. The molecule has 0 aliphatic heterocycles. The van der Waals surface area contributed by atoms with Gasteiger partial charge in [0, 0.05) is 15.9 Å². The van der Waals surface area contributed by atoms with Crippen molar-refractivity contribution >= 4 is 60.3 Å². The van der Waals surface area contributed by atoms with Crippen molar-refractivity contribution in [3.05, 3.63) is 31.0 Å². The summed E-state index contributed by atoms with van der Waals surface area (Å²) in [7, 11) is 0. The van der Waals surface area contributed by atoms with Crippen LogP contribution in [0.5, 0.6) is 0 Å². The number of nitrogens with one attached hydrogen (secondary N) is 1. The summed E-state index contributed by atoms with van der Waals surface area (Å²) in [5, 5.41) is 7.93. The van der Waals surface area contributed by atoms with Crippen LogP contribution in [0.4, 0.5) is 5.95 Å². The predicted octanol–water partition coefficient (Wildman–Crippen LogP) is 3.60. The molecule has 0 atom stereocenters. The Hall–Kier alpha value is -1.03. The first-order chi connectivity index (χ1) is 11.1. The van der Waals surface area contributed by atoms with Crippen LogP contribution < -0.4 is 10.6 Å². The Labute approximate surface area is 154 Å². The van der Waals surface area contributed by atoms with Crippen LogP contribution in [0.1, 0.15) is 16.9 Å². The Morgan fingerprint density at radius 1 is 1.39 bits per heavy atom. The average Bonchev–Trinajstić information content (AvgIpc) is 3.08. The van der Waals surface area contributed by atoms with E-state index in [1.54, 1.807) is 17.5 Å². The van der Waals surface area contributed by atoms with Gasteiger partial charge in [-0.3, -0.25) is 0 Å². The number of nitrogens with zero attached hydrogens (tertiary/aromatic N) is 4. The summed E-state index contributed by atoms with van der Waals surface area (Å²) >= 11 is 8.93. The maximum atomic E-state index is 5.69. The number of anilines is 1. The van der Waals surface area contributed by atoms with Crippen molar-refractivity contribution in [2.24, 2.45) is 5.73 Å². The van der Waals surface area contributed by atoms with Crippen molar-refractivity contribution in [3.63, 3.8) is 0 Å². The summed E-state index contributed by atoms with van der Waals surface area (Å²) in [4.78, 5) is 11.4. The summed E-state index contributed by atoms with van der Waals surface area (Å²) in [6.07, 6.45) is 2.56. The number of aromatic nitrogens is 4. The van der Waals surface area contributed by atoms with Crippen molar-refractivity contribution in [3.8, 4) is 0 Å². The van der Waals surface area contributed by atoms with Gasteiger partial charge >= 0.3 is 0 Å². The monoisotopic (exact) mass is 458 g/mol. The van der Waals surface area contributed by atoms with Crippen LogP contribution in [0.2, 0.25) is 0 Å². The first kappa shape index (κ1) is 16.8. The zero-order valence-electron chi connectivity index (χ0n) is 12.5. The number of thiophene rings is 1. The lowest BCUT2D eigenvalue weighted by Gasteiger charge is -2.21. The van der Waals surface area contributed by atoms with Crippen LogP contribution in [0, 0.1) is 6.92 Å². The second kappa shape index (κ2) is 7.25. The molecule has 0 radical (unpaired) electrons. The molecule has 0 saturated heterocycles. The van der Waals surface area contributed by atoms with Gasteiger partial charge in [-0.05, 0) is 63.4 Å². The van der Waals surface area contributed by atoms with Crippen molar-refractivity contribution in [1.82, 2.24) is 20.2 Å². The van der Waals surface area contributed by atoms with E-state index < -0.39 is 0 Å². The molecule has 3 rings (SSSR count). The van der Waals surface area contributed by atoms with E-state index in [2.05, 4.69) is 63.8 Å². The topological polar surface area (TPSA) is 83.7 Å². The van der Waals surface area contributed by atoms with Gasteiger partial charge in [0.25, 0.3) is 0 Å². The number of fused-ring (bicyclic) bond motifs is 1. The van der Waals surface area contributed by atoms with Crippen molar-refractivity contribution in [2.45, 2.75) is 19.9 Å². The third-order valence-electron chi connectivity index (χ3n) is 3.56. The van der Waals surface area contributed by atoms with Crippen LogP contribution in [-0.2, 0) is 6.54 Å². The minimum atomic E-state index is 0.630. The van der Waals surface area contributed by atoms with Crippen LogP contribution in [0.3, 0.4) is 0 Å². The van der Waals surface area contributed by atoms with E-state index in [9.17, 15) is 0 Å². The van der Waals surface area contributed by atoms with E-state index >= 15 is 0 Å². The first-order valence-corrected chi connectivity index (χ1v) is 9.56. The molecule has 23 heavy (non-hydrogen) atoms. The molecule has 0 saturated carbocycles. The molecule has 3 aromatic rings. The van der Waals surface area contributed by atoms with Crippen LogP contribution in [0.15, 0.2) is 20.5 Å². The average molecular weight is 460 g/mol. The van der Waals surface area contributed by atoms with E-state index in [-0.39, 0.29) is 0 Å². The number of hydrogen-bond donors (Lipinski definition) is 2. The highest BCUT2D eigenvalue weighted by Crippen LogP contribution is 2.37. The van der Waals surface area contributed by atoms with E-state index in [4.69, 9.17) is 5.73 Å². The van der Waals surface area contributed by atoms with Gasteiger partial charge in [0.05, 0.1) is 22.0 Å². The molecule has 0 aliphatic carbocycles. The molecule has 0 unspecified atom stereocenters. The summed E-state index contributed by atoms with van der Waals surface area (Å²) in [5.74, 6) is 0.800. The fourth-order valence-corrected chi connectivity index (χ4v) is 4.70. The molecule has 0 spiro atoms. The molecule has 9 heteroatoms. The summed E-state index contributed by atoms with van der Waals surface area (Å²) in [5.41, 5.74) is 8.45. The molecule has 0 fully saturated rings. The maximum absolute atomic E-state index is 5.69. The van der Waals surface area contributed by atoms with E-state index in [1.165, 1.54) is 10.4 Å². The highest BCUT2D eigenvalue weighted by molar-refractivity contribution is 9.13. The normalized spacial score (nSPS) is 11.3. The molecule has 3 N–H and O–H groups in total. The second-order valence-electron chi connectivity index (χ2n) is 5.13. The maximum Gasteiger partial charge on any atom is 0.205 e. The molecule has 0 aliphatic rings. The number of hydrogen-bond acceptors (Lipinski definition) is 6. The van der Waals surface area contributed by atoms with Crippen LogP contribution >= 0.6 is 43.2 Å². The van der Waals surface area contributed by atoms with Gasteiger partial charge in [-0.2, -0.15) is 10.1 Å². The Kier molecular flexibility index (Phi) is 5.30. The first-order valence-electron chi connectivity index (χ1n) is 7.16. The molecule has 0 bridgehead atoms. The molecule has 3 aromatic heterocycles. The number of rotatable bonds is 6. The Morgan fingerprint density at radius 3 is 2.87 bits per heavy atom. The smallest absolute Gasteiger partial charge is 0.205 e. The third-order valence-corrected chi connectivity index (χ3v) is 7.29. The molecule has 0 aromatic carbocycles. The molecule has 6 nitrogen and oxygen atoms in total. The fraction of sp³-hybridized carbons (Fsp3) is 0.357. The minimum Gasteiger partial charge on any atom is -0.337 e. The van der Waals surface area contributed by atoms with Gasteiger partial charge in [0.2, 0.25) is 11.6 Å². The third kappa shape index (κ3) is 3.57. The van der Waals surface area contributed by atoms with E-state index in [0.717, 1.165) is 39.2 Å². The van der Waals surface area contributed by atoms with Crippen LogP contribution in [-0.4, -0.2) is 33.3 Å². The lowest BCUT2D eigenvalue weighted by molar-refractivity contribution is 0.723. The van der Waals surface area contributed by atoms with Crippen molar-refractivity contribution in [2.75, 3.05) is 18.0 Å².